The molecule has 1 aliphatic carbocycles. The van der Waals surface area contributed by atoms with Gasteiger partial charge in [-0.05, 0) is 49.5 Å². The molecule has 1 N–H and O–H groups in total. The maximum atomic E-state index is 12.7. The van der Waals surface area contributed by atoms with Crippen molar-refractivity contribution in [3.8, 4) is 0 Å². The zero-order valence-electron chi connectivity index (χ0n) is 10.3. The Kier molecular flexibility index (Phi) is 2.88. The minimum Gasteiger partial charge on any atom is -0.355 e. The SMILES string of the molecule is FC(F)(F)c1ccc2cc(C3=CCCCC3)[nH]c2c1. The highest BCUT2D eigenvalue weighted by molar-refractivity contribution is 5.85. The molecule has 0 amide bonds. The summed E-state index contributed by atoms with van der Waals surface area (Å²) in [6.07, 6.45) is 2.29. The van der Waals surface area contributed by atoms with Gasteiger partial charge in [-0.3, -0.25) is 0 Å². The average Bonchev–Trinajstić information content (AvgIpc) is 2.81. The van der Waals surface area contributed by atoms with Gasteiger partial charge in [0.2, 0.25) is 0 Å². The molecule has 100 valence electrons. The summed E-state index contributed by atoms with van der Waals surface area (Å²) < 4.78 is 38.0. The molecular weight excluding hydrogens is 251 g/mol. The fourth-order valence-corrected chi connectivity index (χ4v) is 2.56. The molecule has 2 aromatic rings. The first kappa shape index (κ1) is 12.3. The van der Waals surface area contributed by atoms with Gasteiger partial charge in [-0.25, -0.2) is 0 Å². The number of aromatic amines is 1. The zero-order chi connectivity index (χ0) is 13.5. The van der Waals surface area contributed by atoms with Crippen molar-refractivity contribution in [3.05, 3.63) is 41.6 Å². The van der Waals surface area contributed by atoms with Crippen LogP contribution in [0.4, 0.5) is 13.2 Å². The minimum absolute atomic E-state index is 0.552. The quantitative estimate of drug-likeness (QED) is 0.734. The van der Waals surface area contributed by atoms with E-state index in [4.69, 9.17) is 0 Å². The first-order valence-electron chi connectivity index (χ1n) is 6.43. The maximum absolute atomic E-state index is 12.7. The van der Waals surface area contributed by atoms with E-state index < -0.39 is 11.7 Å². The number of benzene rings is 1. The van der Waals surface area contributed by atoms with Crippen LogP contribution in [0.1, 0.15) is 36.9 Å². The van der Waals surface area contributed by atoms with E-state index >= 15 is 0 Å². The average molecular weight is 265 g/mol. The Labute approximate surface area is 109 Å². The van der Waals surface area contributed by atoms with Gasteiger partial charge in [-0.2, -0.15) is 13.2 Å². The largest absolute Gasteiger partial charge is 0.416 e. The van der Waals surface area contributed by atoms with Crippen molar-refractivity contribution in [3.63, 3.8) is 0 Å². The number of fused-ring (bicyclic) bond motifs is 1. The zero-order valence-corrected chi connectivity index (χ0v) is 10.3. The summed E-state index contributed by atoms with van der Waals surface area (Å²) in [5, 5.41) is 0.828. The van der Waals surface area contributed by atoms with Crippen LogP contribution >= 0.6 is 0 Å². The standard InChI is InChI=1S/C15H14F3N/c16-15(17,18)12-7-6-11-8-13(19-14(11)9-12)10-4-2-1-3-5-10/h4,6-9,19H,1-3,5H2. The first-order chi connectivity index (χ1) is 9.04. The Hall–Kier alpha value is -1.71. The third kappa shape index (κ3) is 2.39. The van der Waals surface area contributed by atoms with Gasteiger partial charge < -0.3 is 4.98 Å². The van der Waals surface area contributed by atoms with Gasteiger partial charge in [0.1, 0.15) is 0 Å². The van der Waals surface area contributed by atoms with E-state index in [1.165, 1.54) is 24.1 Å². The lowest BCUT2D eigenvalue weighted by Crippen LogP contribution is -2.03. The lowest BCUT2D eigenvalue weighted by molar-refractivity contribution is -0.137. The third-order valence-electron chi connectivity index (χ3n) is 3.59. The summed E-state index contributed by atoms with van der Waals surface area (Å²) in [5.74, 6) is 0. The van der Waals surface area contributed by atoms with Crippen LogP contribution in [0, 0.1) is 0 Å². The van der Waals surface area contributed by atoms with E-state index in [-0.39, 0.29) is 0 Å². The predicted molar refractivity (Wildman–Crippen MR) is 69.7 cm³/mol. The fraction of sp³-hybridized carbons (Fsp3) is 0.333. The van der Waals surface area contributed by atoms with Crippen molar-refractivity contribution in [1.82, 2.24) is 4.98 Å². The highest BCUT2D eigenvalue weighted by Crippen LogP contribution is 2.33. The minimum atomic E-state index is -4.29. The second-order valence-electron chi connectivity index (χ2n) is 4.96. The Morgan fingerprint density at radius 3 is 2.58 bits per heavy atom. The van der Waals surface area contributed by atoms with Gasteiger partial charge >= 0.3 is 6.18 Å². The van der Waals surface area contributed by atoms with Gasteiger partial charge in [0.15, 0.2) is 0 Å². The third-order valence-corrected chi connectivity index (χ3v) is 3.59. The fourth-order valence-electron chi connectivity index (χ4n) is 2.56. The molecule has 0 spiro atoms. The summed E-state index contributed by atoms with van der Waals surface area (Å²) in [6, 6.07) is 5.78. The number of alkyl halides is 3. The molecule has 1 heterocycles. The number of rotatable bonds is 1. The number of hydrogen-bond donors (Lipinski definition) is 1. The van der Waals surface area contributed by atoms with E-state index in [1.54, 1.807) is 0 Å². The van der Waals surface area contributed by atoms with Crippen LogP contribution in [0.3, 0.4) is 0 Å². The van der Waals surface area contributed by atoms with Gasteiger partial charge in [0, 0.05) is 16.6 Å². The van der Waals surface area contributed by atoms with Gasteiger partial charge in [-0.15, -0.1) is 0 Å². The number of hydrogen-bond acceptors (Lipinski definition) is 0. The summed E-state index contributed by atoms with van der Waals surface area (Å²) in [7, 11) is 0. The molecule has 3 rings (SSSR count). The number of allylic oxidation sites excluding steroid dienone is 2. The monoisotopic (exact) mass is 265 g/mol. The molecule has 0 atom stereocenters. The maximum Gasteiger partial charge on any atom is 0.416 e. The Balaban J connectivity index is 2.03. The molecule has 19 heavy (non-hydrogen) atoms. The second kappa shape index (κ2) is 4.44. The molecule has 0 saturated carbocycles. The summed E-state index contributed by atoms with van der Waals surface area (Å²) in [6.45, 7) is 0. The Morgan fingerprint density at radius 1 is 1.05 bits per heavy atom. The van der Waals surface area contributed by atoms with Gasteiger partial charge in [0.05, 0.1) is 5.56 Å². The smallest absolute Gasteiger partial charge is 0.355 e. The number of aromatic nitrogens is 1. The van der Waals surface area contributed by atoms with E-state index in [9.17, 15) is 13.2 Å². The highest BCUT2D eigenvalue weighted by Gasteiger charge is 2.30. The van der Waals surface area contributed by atoms with Crippen LogP contribution in [-0.4, -0.2) is 4.98 Å². The van der Waals surface area contributed by atoms with Crippen LogP contribution in [-0.2, 0) is 6.18 Å². The van der Waals surface area contributed by atoms with Crippen LogP contribution in [0.25, 0.3) is 16.5 Å². The van der Waals surface area contributed by atoms with E-state index in [1.807, 2.05) is 6.07 Å². The number of nitrogens with one attached hydrogen (secondary N) is 1. The lowest BCUT2D eigenvalue weighted by Gasteiger charge is -2.10. The van der Waals surface area contributed by atoms with Crippen molar-refractivity contribution in [2.45, 2.75) is 31.9 Å². The molecule has 0 aliphatic heterocycles. The molecule has 1 nitrogen and oxygen atoms in total. The normalized spacial score (nSPS) is 16.7. The van der Waals surface area contributed by atoms with Crippen LogP contribution in [0.15, 0.2) is 30.3 Å². The highest BCUT2D eigenvalue weighted by atomic mass is 19.4. The molecule has 0 fully saturated rings. The molecule has 0 saturated heterocycles. The van der Waals surface area contributed by atoms with Crippen molar-refractivity contribution in [2.24, 2.45) is 0 Å². The Bertz CT molecular complexity index is 634. The summed E-state index contributed by atoms with van der Waals surface area (Å²) in [5.41, 5.74) is 2.12. The first-order valence-corrected chi connectivity index (χ1v) is 6.43. The molecule has 0 unspecified atom stereocenters. The number of H-pyrrole nitrogens is 1. The molecule has 1 aromatic carbocycles. The van der Waals surface area contributed by atoms with E-state index in [0.29, 0.717) is 5.52 Å². The predicted octanol–water partition coefficient (Wildman–Crippen LogP) is 5.14. The topological polar surface area (TPSA) is 15.8 Å². The van der Waals surface area contributed by atoms with Gasteiger partial charge in [0.25, 0.3) is 0 Å². The van der Waals surface area contributed by atoms with Gasteiger partial charge in [-0.1, -0.05) is 12.1 Å². The molecular formula is C15H14F3N. The second-order valence-corrected chi connectivity index (χ2v) is 4.96. The molecule has 0 radical (unpaired) electrons. The van der Waals surface area contributed by atoms with Crippen molar-refractivity contribution >= 4 is 16.5 Å². The molecule has 4 heteroatoms. The van der Waals surface area contributed by atoms with Crippen LogP contribution in [0.5, 0.6) is 0 Å². The van der Waals surface area contributed by atoms with Crippen LogP contribution < -0.4 is 0 Å². The van der Waals surface area contributed by atoms with E-state index in [0.717, 1.165) is 36.4 Å². The summed E-state index contributed by atoms with van der Waals surface area (Å²) >= 11 is 0. The van der Waals surface area contributed by atoms with Crippen molar-refractivity contribution < 1.29 is 13.2 Å². The Morgan fingerprint density at radius 2 is 1.89 bits per heavy atom. The van der Waals surface area contributed by atoms with Crippen molar-refractivity contribution in [1.29, 1.82) is 0 Å². The van der Waals surface area contributed by atoms with Crippen molar-refractivity contribution in [2.75, 3.05) is 0 Å². The van der Waals surface area contributed by atoms with E-state index in [2.05, 4.69) is 11.1 Å². The summed E-state index contributed by atoms with van der Waals surface area (Å²) in [4.78, 5) is 3.11. The lowest BCUT2D eigenvalue weighted by atomic mass is 9.97. The molecule has 1 aromatic heterocycles. The molecule has 0 bridgehead atoms. The van der Waals surface area contributed by atoms with Crippen LogP contribution in [0.2, 0.25) is 0 Å². The molecule has 1 aliphatic rings. The number of halogens is 3.